The van der Waals surface area contributed by atoms with E-state index in [0.29, 0.717) is 0 Å². The van der Waals surface area contributed by atoms with Crippen molar-refractivity contribution >= 4 is 0 Å². The van der Waals surface area contributed by atoms with E-state index < -0.39 is 0 Å². The van der Waals surface area contributed by atoms with Crippen LogP contribution < -0.4 is 21.2 Å². The fourth-order valence-electron chi connectivity index (χ4n) is 5.19. The van der Waals surface area contributed by atoms with Crippen LogP contribution in [0.2, 0.25) is 0 Å². The van der Waals surface area contributed by atoms with Gasteiger partial charge in [0.2, 0.25) is 0 Å². The normalized spacial score (nSPS) is 11.3. The summed E-state index contributed by atoms with van der Waals surface area (Å²) >= 11 is -0.0569. The second kappa shape index (κ2) is 23.1. The number of rotatable bonds is 24. The fraction of sp³-hybridized carbons (Fsp3) is 0.667. The average Bonchev–Trinajstić information content (AvgIpc) is 2.92. The Kier molecular flexibility index (Phi) is 20.2. The van der Waals surface area contributed by atoms with E-state index in [1.54, 1.807) is 7.14 Å². The number of benzene rings is 2. The maximum atomic E-state index is 2.40. The number of halogens is 1. The first-order chi connectivity index (χ1) is 18.3. The van der Waals surface area contributed by atoms with Crippen LogP contribution in [0.5, 0.6) is 0 Å². The summed E-state index contributed by atoms with van der Waals surface area (Å²) in [5, 5.41) is 0. The SMILES string of the molecule is CCCCCCCCCCCCCCc1ccc([I+]c2ccc(CCCCCCCCCC)cc2)cc1. The van der Waals surface area contributed by atoms with Gasteiger partial charge in [0.05, 0.1) is 0 Å². The zero-order chi connectivity index (χ0) is 26.2. The van der Waals surface area contributed by atoms with Gasteiger partial charge in [-0.05, 0) is 61.1 Å². The lowest BCUT2D eigenvalue weighted by Crippen LogP contribution is -3.61. The van der Waals surface area contributed by atoms with Crippen molar-refractivity contribution < 1.29 is 21.2 Å². The number of hydrogen-bond donors (Lipinski definition) is 0. The topological polar surface area (TPSA) is 0 Å². The van der Waals surface area contributed by atoms with Gasteiger partial charge in [0.15, 0.2) is 7.14 Å². The Morgan fingerprint density at radius 3 is 0.919 bits per heavy atom. The molecule has 208 valence electrons. The zero-order valence-electron chi connectivity index (χ0n) is 24.6. The molecule has 0 unspecified atom stereocenters. The smallest absolute Gasteiger partial charge is 0.0654 e. The monoisotopic (exact) mass is 617 g/mol. The molecule has 0 aromatic heterocycles. The summed E-state index contributed by atoms with van der Waals surface area (Å²) < 4.78 is 3.10. The predicted molar refractivity (Wildman–Crippen MR) is 161 cm³/mol. The van der Waals surface area contributed by atoms with Gasteiger partial charge in [-0.2, -0.15) is 0 Å². The second-order valence-corrected chi connectivity index (χ2v) is 14.2. The largest absolute Gasteiger partial charge is 0.357 e. The lowest BCUT2D eigenvalue weighted by Gasteiger charge is -2.03. The van der Waals surface area contributed by atoms with Crippen LogP contribution in [-0.2, 0) is 12.8 Å². The third kappa shape index (κ3) is 17.4. The molecule has 0 bridgehead atoms. The molecule has 0 nitrogen and oxygen atoms in total. The van der Waals surface area contributed by atoms with Crippen molar-refractivity contribution in [3.05, 3.63) is 66.8 Å². The molecule has 1 heteroatoms. The third-order valence-electron chi connectivity index (χ3n) is 7.68. The van der Waals surface area contributed by atoms with Crippen molar-refractivity contribution in [3.8, 4) is 0 Å². The van der Waals surface area contributed by atoms with Gasteiger partial charge in [-0.3, -0.25) is 0 Å². The molecule has 37 heavy (non-hydrogen) atoms. The lowest BCUT2D eigenvalue weighted by atomic mass is 10.0. The molecular formula is C36H58I+. The van der Waals surface area contributed by atoms with Crippen LogP contribution in [-0.4, -0.2) is 0 Å². The minimum Gasteiger partial charge on any atom is -0.0654 e. The summed E-state index contributed by atoms with van der Waals surface area (Å²) in [5.41, 5.74) is 3.05. The summed E-state index contributed by atoms with van der Waals surface area (Å²) in [6.07, 6.45) is 30.9. The molecule has 2 rings (SSSR count). The summed E-state index contributed by atoms with van der Waals surface area (Å²) in [4.78, 5) is 0. The van der Waals surface area contributed by atoms with Gasteiger partial charge in [-0.25, -0.2) is 0 Å². The molecule has 0 radical (unpaired) electrons. The highest BCUT2D eigenvalue weighted by Crippen LogP contribution is 2.14. The summed E-state index contributed by atoms with van der Waals surface area (Å²) in [6, 6.07) is 19.2. The zero-order valence-corrected chi connectivity index (χ0v) is 26.7. The first-order valence-electron chi connectivity index (χ1n) is 16.1. The average molecular weight is 618 g/mol. The van der Waals surface area contributed by atoms with Crippen molar-refractivity contribution in [1.29, 1.82) is 0 Å². The third-order valence-corrected chi connectivity index (χ3v) is 10.4. The van der Waals surface area contributed by atoms with E-state index in [1.165, 1.54) is 152 Å². The summed E-state index contributed by atoms with van der Waals surface area (Å²) in [5.74, 6) is 0. The highest BCUT2D eigenvalue weighted by atomic mass is 127. The number of aryl methyl sites for hydroxylation is 2. The molecular weight excluding hydrogens is 559 g/mol. The first-order valence-corrected chi connectivity index (χ1v) is 18.3. The first kappa shape index (κ1) is 32.4. The minimum absolute atomic E-state index is 0.0569. The highest BCUT2D eigenvalue weighted by Gasteiger charge is 2.15. The maximum absolute atomic E-state index is 2.40. The van der Waals surface area contributed by atoms with Gasteiger partial charge < -0.3 is 0 Å². The van der Waals surface area contributed by atoms with Gasteiger partial charge in [0.25, 0.3) is 0 Å². The Bertz CT molecular complexity index is 745. The van der Waals surface area contributed by atoms with E-state index in [2.05, 4.69) is 62.4 Å². The quantitative estimate of drug-likeness (QED) is 0.0817. The molecule has 0 amide bonds. The van der Waals surface area contributed by atoms with E-state index in [0.717, 1.165) is 0 Å². The van der Waals surface area contributed by atoms with Crippen LogP contribution in [0.25, 0.3) is 0 Å². The fourth-order valence-corrected chi connectivity index (χ4v) is 7.34. The molecule has 2 aromatic carbocycles. The number of hydrogen-bond acceptors (Lipinski definition) is 0. The Labute approximate surface area is 242 Å². The molecule has 0 spiro atoms. The highest BCUT2D eigenvalue weighted by molar-refractivity contribution is 5.16. The lowest BCUT2D eigenvalue weighted by molar-refractivity contribution is -0.597. The van der Waals surface area contributed by atoms with E-state index in [-0.39, 0.29) is 21.2 Å². The van der Waals surface area contributed by atoms with Crippen molar-refractivity contribution in [2.75, 3.05) is 0 Å². The molecule has 0 aliphatic heterocycles. The molecule has 0 heterocycles. The van der Waals surface area contributed by atoms with Crippen molar-refractivity contribution in [2.24, 2.45) is 0 Å². The predicted octanol–water partition coefficient (Wildman–Crippen LogP) is 8.74. The van der Waals surface area contributed by atoms with Gasteiger partial charge in [-0.1, -0.05) is 154 Å². The minimum atomic E-state index is -0.0569. The Morgan fingerprint density at radius 1 is 0.351 bits per heavy atom. The van der Waals surface area contributed by atoms with Gasteiger partial charge in [0, 0.05) is 0 Å². The maximum Gasteiger partial charge on any atom is 0.357 e. The van der Waals surface area contributed by atoms with Crippen molar-refractivity contribution in [2.45, 2.75) is 155 Å². The standard InChI is InChI=1S/C36H58I/c1-3-5-7-9-11-13-14-15-16-18-20-22-24-34-27-31-36(32-28-34)37-35-29-25-33(26-30-35)23-21-19-17-12-10-8-6-4-2/h25-32H,3-24H2,1-2H3/q+1. The van der Waals surface area contributed by atoms with Gasteiger partial charge >= 0.3 is 21.2 Å². The van der Waals surface area contributed by atoms with Crippen molar-refractivity contribution in [1.82, 2.24) is 0 Å². The molecule has 2 aromatic rings. The Balaban J connectivity index is 1.50. The molecule has 0 atom stereocenters. The van der Waals surface area contributed by atoms with Crippen LogP contribution in [0.1, 0.15) is 153 Å². The molecule has 0 aliphatic carbocycles. The second-order valence-electron chi connectivity index (χ2n) is 11.2. The molecule has 0 N–H and O–H groups in total. The van der Waals surface area contributed by atoms with Crippen LogP contribution in [0.15, 0.2) is 48.5 Å². The van der Waals surface area contributed by atoms with Crippen LogP contribution >= 0.6 is 0 Å². The van der Waals surface area contributed by atoms with E-state index >= 15 is 0 Å². The van der Waals surface area contributed by atoms with Crippen LogP contribution in [0.3, 0.4) is 0 Å². The van der Waals surface area contributed by atoms with Crippen LogP contribution in [0, 0.1) is 7.14 Å². The number of unbranched alkanes of at least 4 members (excludes halogenated alkanes) is 18. The Morgan fingerprint density at radius 2 is 0.622 bits per heavy atom. The Hall–Kier alpha value is -0.830. The van der Waals surface area contributed by atoms with Crippen LogP contribution in [0.4, 0.5) is 0 Å². The molecule has 0 saturated heterocycles. The van der Waals surface area contributed by atoms with Gasteiger partial charge in [-0.15, -0.1) is 0 Å². The molecule has 0 aliphatic rings. The summed E-state index contributed by atoms with van der Waals surface area (Å²) in [7, 11) is 0. The molecule has 0 saturated carbocycles. The van der Waals surface area contributed by atoms with Gasteiger partial charge in [0.1, 0.15) is 0 Å². The summed E-state index contributed by atoms with van der Waals surface area (Å²) in [6.45, 7) is 4.60. The van der Waals surface area contributed by atoms with E-state index in [4.69, 9.17) is 0 Å². The van der Waals surface area contributed by atoms with E-state index in [1.807, 2.05) is 0 Å². The molecule has 0 fully saturated rings. The van der Waals surface area contributed by atoms with Crippen molar-refractivity contribution in [3.63, 3.8) is 0 Å². The van der Waals surface area contributed by atoms with E-state index in [9.17, 15) is 0 Å².